The maximum absolute atomic E-state index is 13.5. The van der Waals surface area contributed by atoms with Crippen molar-refractivity contribution in [3.05, 3.63) is 29.8 Å². The van der Waals surface area contributed by atoms with Crippen molar-refractivity contribution in [1.82, 2.24) is 0 Å². The Morgan fingerprint density at radius 1 is 1.10 bits per heavy atom. The van der Waals surface area contributed by atoms with Crippen LogP contribution < -0.4 is 4.74 Å². The first-order valence-corrected chi connectivity index (χ1v) is 5.14. The van der Waals surface area contributed by atoms with Crippen LogP contribution in [0.25, 0.3) is 0 Å². The number of halogens is 5. The van der Waals surface area contributed by atoms with Crippen molar-refractivity contribution in [1.29, 1.82) is 0 Å². The highest BCUT2D eigenvalue weighted by molar-refractivity contribution is 5.68. The summed E-state index contributed by atoms with van der Waals surface area (Å²) in [6.07, 6.45) is -4.91. The van der Waals surface area contributed by atoms with Crippen molar-refractivity contribution in [2.24, 2.45) is 0 Å². The van der Waals surface area contributed by atoms with Gasteiger partial charge in [0.25, 0.3) is 5.92 Å². The zero-order valence-corrected chi connectivity index (χ0v) is 9.79. The molecule has 0 amide bonds. The summed E-state index contributed by atoms with van der Waals surface area (Å²) in [7, 11) is 0. The fourth-order valence-corrected chi connectivity index (χ4v) is 1.25. The number of hydrogen-bond acceptors (Lipinski definition) is 3. The fraction of sp³-hybridized carbons (Fsp3) is 0.364. The molecule has 0 bridgehead atoms. The topological polar surface area (TPSA) is 55.8 Å². The zero-order valence-electron chi connectivity index (χ0n) is 9.79. The Bertz CT molecular complexity index is 455. The van der Waals surface area contributed by atoms with E-state index in [1.54, 1.807) is 0 Å². The summed E-state index contributed by atoms with van der Waals surface area (Å²) in [5.41, 5.74) is -0.614. The number of rotatable bonds is 6. The molecule has 4 nitrogen and oxygen atoms in total. The van der Waals surface area contributed by atoms with E-state index in [1.807, 2.05) is 0 Å². The largest absolute Gasteiger partial charge is 0.573 e. The predicted molar refractivity (Wildman–Crippen MR) is 55.5 cm³/mol. The van der Waals surface area contributed by atoms with E-state index in [9.17, 15) is 26.7 Å². The van der Waals surface area contributed by atoms with Gasteiger partial charge in [-0.1, -0.05) is 0 Å². The Labute approximate surface area is 109 Å². The zero-order chi connectivity index (χ0) is 15.4. The standard InChI is InChI=1S/C11H9F5O4/c12-10(13,6-19-5-9(17)18)7-1-3-8(4-2-7)20-11(14,15)16/h1-4H,5-6H2,(H,17,18). The second-order valence-corrected chi connectivity index (χ2v) is 3.66. The van der Waals surface area contributed by atoms with Gasteiger partial charge in [-0.15, -0.1) is 13.2 Å². The highest BCUT2D eigenvalue weighted by Gasteiger charge is 2.34. The van der Waals surface area contributed by atoms with Gasteiger partial charge in [-0.25, -0.2) is 4.79 Å². The lowest BCUT2D eigenvalue weighted by Gasteiger charge is -2.17. The number of carboxylic acid groups (broad SMARTS) is 1. The second-order valence-electron chi connectivity index (χ2n) is 3.66. The minimum absolute atomic E-state index is 0.614. The van der Waals surface area contributed by atoms with E-state index in [0.29, 0.717) is 0 Å². The van der Waals surface area contributed by atoms with Crippen LogP contribution >= 0.6 is 0 Å². The Morgan fingerprint density at radius 3 is 2.10 bits per heavy atom. The third kappa shape index (κ3) is 5.39. The van der Waals surface area contributed by atoms with E-state index >= 15 is 0 Å². The first-order chi connectivity index (χ1) is 9.10. The minimum Gasteiger partial charge on any atom is -0.480 e. The van der Waals surface area contributed by atoms with Crippen molar-refractivity contribution >= 4 is 5.97 Å². The molecule has 0 unspecified atom stereocenters. The van der Waals surface area contributed by atoms with Gasteiger partial charge in [0.15, 0.2) is 0 Å². The maximum Gasteiger partial charge on any atom is 0.573 e. The van der Waals surface area contributed by atoms with E-state index in [2.05, 4.69) is 9.47 Å². The van der Waals surface area contributed by atoms with Crippen molar-refractivity contribution in [3.8, 4) is 5.75 Å². The molecular formula is C11H9F5O4. The molecule has 112 valence electrons. The molecule has 1 rings (SSSR count). The van der Waals surface area contributed by atoms with Gasteiger partial charge < -0.3 is 14.6 Å². The van der Waals surface area contributed by atoms with Gasteiger partial charge in [0, 0.05) is 5.56 Å². The molecule has 0 radical (unpaired) electrons. The first-order valence-electron chi connectivity index (χ1n) is 5.14. The number of carbonyl (C=O) groups is 1. The van der Waals surface area contributed by atoms with Gasteiger partial charge in [0.2, 0.25) is 0 Å². The highest BCUT2D eigenvalue weighted by Crippen LogP contribution is 2.31. The average Bonchev–Trinajstić information content (AvgIpc) is 2.26. The molecule has 0 aliphatic heterocycles. The average molecular weight is 300 g/mol. The van der Waals surface area contributed by atoms with E-state index in [4.69, 9.17) is 5.11 Å². The molecule has 0 spiro atoms. The maximum atomic E-state index is 13.5. The Balaban J connectivity index is 2.68. The molecule has 0 aromatic heterocycles. The number of carboxylic acids is 1. The van der Waals surface area contributed by atoms with Crippen LogP contribution in [0.1, 0.15) is 5.56 Å². The van der Waals surface area contributed by atoms with Gasteiger partial charge in [-0.3, -0.25) is 0 Å². The number of alkyl halides is 5. The summed E-state index contributed by atoms with van der Waals surface area (Å²) in [5.74, 6) is -5.56. The monoisotopic (exact) mass is 300 g/mol. The Hall–Kier alpha value is -1.90. The molecule has 0 fully saturated rings. The van der Waals surface area contributed by atoms with E-state index in [0.717, 1.165) is 24.3 Å². The van der Waals surface area contributed by atoms with Gasteiger partial charge in [-0.05, 0) is 24.3 Å². The molecule has 0 saturated carbocycles. The quantitative estimate of drug-likeness (QED) is 0.821. The third-order valence-electron chi connectivity index (χ3n) is 2.02. The second kappa shape index (κ2) is 6.04. The van der Waals surface area contributed by atoms with Crippen LogP contribution in [-0.4, -0.2) is 30.7 Å². The Kier molecular flexibility index (Phi) is 4.88. The smallest absolute Gasteiger partial charge is 0.480 e. The normalized spacial score (nSPS) is 12.2. The summed E-state index contributed by atoms with van der Waals surface area (Å²) < 4.78 is 70.4. The molecule has 0 aliphatic rings. The van der Waals surface area contributed by atoms with E-state index in [1.165, 1.54) is 0 Å². The predicted octanol–water partition coefficient (Wildman–Crippen LogP) is 2.78. The number of ether oxygens (including phenoxy) is 2. The van der Waals surface area contributed by atoms with Crippen LogP contribution in [0.5, 0.6) is 5.75 Å². The lowest BCUT2D eigenvalue weighted by atomic mass is 10.1. The van der Waals surface area contributed by atoms with Crippen molar-refractivity contribution < 1.29 is 41.3 Å². The first kappa shape index (κ1) is 16.2. The number of hydrogen-bond donors (Lipinski definition) is 1. The van der Waals surface area contributed by atoms with Crippen LogP contribution in [0, 0.1) is 0 Å². The van der Waals surface area contributed by atoms with Gasteiger partial charge in [-0.2, -0.15) is 8.78 Å². The summed E-state index contributed by atoms with van der Waals surface area (Å²) in [6.45, 7) is -2.09. The molecule has 9 heteroatoms. The van der Waals surface area contributed by atoms with Gasteiger partial charge >= 0.3 is 12.3 Å². The number of benzene rings is 1. The van der Waals surface area contributed by atoms with Gasteiger partial charge in [0.1, 0.15) is 19.0 Å². The minimum atomic E-state index is -4.91. The molecule has 0 heterocycles. The summed E-state index contributed by atoms with van der Waals surface area (Å²) >= 11 is 0. The molecule has 20 heavy (non-hydrogen) atoms. The highest BCUT2D eigenvalue weighted by atomic mass is 19.4. The molecule has 1 aromatic carbocycles. The Morgan fingerprint density at radius 2 is 1.65 bits per heavy atom. The summed E-state index contributed by atoms with van der Waals surface area (Å²) in [4.78, 5) is 10.1. The fourth-order valence-electron chi connectivity index (χ4n) is 1.25. The van der Waals surface area contributed by atoms with Gasteiger partial charge in [0.05, 0.1) is 0 Å². The molecule has 1 N–H and O–H groups in total. The SMILES string of the molecule is O=C(O)COCC(F)(F)c1ccc(OC(F)(F)F)cc1. The number of aliphatic carboxylic acids is 1. The van der Waals surface area contributed by atoms with E-state index in [-0.39, 0.29) is 0 Å². The van der Waals surface area contributed by atoms with Crippen LogP contribution in [0.3, 0.4) is 0 Å². The van der Waals surface area contributed by atoms with E-state index < -0.39 is 42.8 Å². The third-order valence-corrected chi connectivity index (χ3v) is 2.02. The molecular weight excluding hydrogens is 291 g/mol. The summed E-state index contributed by atoms with van der Waals surface area (Å²) in [5, 5.41) is 8.23. The molecule has 0 saturated heterocycles. The van der Waals surface area contributed by atoms with Crippen molar-refractivity contribution in [2.75, 3.05) is 13.2 Å². The molecule has 0 aliphatic carbocycles. The van der Waals surface area contributed by atoms with Crippen LogP contribution in [0.15, 0.2) is 24.3 Å². The van der Waals surface area contributed by atoms with Crippen molar-refractivity contribution in [3.63, 3.8) is 0 Å². The summed E-state index contributed by atoms with van der Waals surface area (Å²) in [6, 6.07) is 2.94. The van der Waals surface area contributed by atoms with Crippen LogP contribution in [0.4, 0.5) is 22.0 Å². The lowest BCUT2D eigenvalue weighted by molar-refractivity contribution is -0.274. The molecule has 0 atom stereocenters. The van der Waals surface area contributed by atoms with Crippen molar-refractivity contribution in [2.45, 2.75) is 12.3 Å². The van der Waals surface area contributed by atoms with Crippen LogP contribution in [-0.2, 0) is 15.5 Å². The molecule has 1 aromatic rings. The lowest BCUT2D eigenvalue weighted by Crippen LogP contribution is -2.23. The van der Waals surface area contributed by atoms with Crippen LogP contribution in [0.2, 0.25) is 0 Å².